The van der Waals surface area contributed by atoms with Crippen LogP contribution in [0.2, 0.25) is 0 Å². The van der Waals surface area contributed by atoms with Gasteiger partial charge in [0, 0.05) is 0 Å². The second-order valence-electron chi connectivity index (χ2n) is 3.20. The molecule has 0 rings (SSSR count). The van der Waals surface area contributed by atoms with E-state index in [4.69, 9.17) is 0 Å². The highest BCUT2D eigenvalue weighted by Gasteiger charge is 2.09. The number of allylic oxidation sites excluding steroid dienone is 1. The molecule has 12 heavy (non-hydrogen) atoms. The number of rotatable bonds is 5. The number of ketones is 1. The average molecular weight is 170 g/mol. The van der Waals surface area contributed by atoms with Crippen LogP contribution >= 0.6 is 0 Å². The van der Waals surface area contributed by atoms with Crippen LogP contribution in [0.4, 0.5) is 0 Å². The molecule has 0 amide bonds. The molecule has 0 heterocycles. The van der Waals surface area contributed by atoms with E-state index in [0.717, 1.165) is 6.42 Å². The Morgan fingerprint density at radius 3 is 2.58 bits per heavy atom. The number of aliphatic hydroxyl groups is 1. The van der Waals surface area contributed by atoms with E-state index in [1.807, 2.05) is 13.8 Å². The summed E-state index contributed by atoms with van der Waals surface area (Å²) >= 11 is 0. The van der Waals surface area contributed by atoms with E-state index in [1.165, 1.54) is 13.0 Å². The highest BCUT2D eigenvalue weighted by atomic mass is 16.3. The summed E-state index contributed by atoms with van der Waals surface area (Å²) < 4.78 is 0. The second-order valence-corrected chi connectivity index (χ2v) is 3.20. The molecule has 0 radical (unpaired) electrons. The lowest BCUT2D eigenvalue weighted by molar-refractivity contribution is -0.112. The summed E-state index contributed by atoms with van der Waals surface area (Å²) in [6, 6.07) is 0. The van der Waals surface area contributed by atoms with Gasteiger partial charge in [0.15, 0.2) is 5.78 Å². The van der Waals surface area contributed by atoms with Gasteiger partial charge in [0.2, 0.25) is 0 Å². The summed E-state index contributed by atoms with van der Waals surface area (Å²) in [7, 11) is 0. The lowest BCUT2D eigenvalue weighted by Gasteiger charge is -2.14. The quantitative estimate of drug-likeness (QED) is 0.640. The molecule has 2 nitrogen and oxygen atoms in total. The van der Waals surface area contributed by atoms with E-state index >= 15 is 0 Å². The molecular weight excluding hydrogens is 152 g/mol. The molecule has 0 bridgehead atoms. The van der Waals surface area contributed by atoms with Gasteiger partial charge in [0.25, 0.3) is 0 Å². The lowest BCUT2D eigenvalue weighted by Crippen LogP contribution is -2.15. The van der Waals surface area contributed by atoms with Crippen LogP contribution < -0.4 is 0 Å². The first-order valence-electron chi connectivity index (χ1n) is 4.43. The van der Waals surface area contributed by atoms with Crippen molar-refractivity contribution >= 4 is 5.78 Å². The Morgan fingerprint density at radius 1 is 1.58 bits per heavy atom. The normalized spacial score (nSPS) is 16.3. The molecule has 0 aliphatic carbocycles. The fraction of sp³-hybridized carbons (Fsp3) is 0.700. The maximum absolute atomic E-state index is 10.5. The summed E-state index contributed by atoms with van der Waals surface area (Å²) in [4.78, 5) is 10.5. The third-order valence-electron chi connectivity index (χ3n) is 2.03. The summed E-state index contributed by atoms with van der Waals surface area (Å²) in [6.07, 6.45) is 4.47. The van der Waals surface area contributed by atoms with Gasteiger partial charge in [-0.15, -0.1) is 0 Å². The SMILES string of the molecule is CC[C@H](C)[C@@H](O)C/C=C/C(C)=O. The molecule has 70 valence electrons. The van der Waals surface area contributed by atoms with Gasteiger partial charge < -0.3 is 5.11 Å². The highest BCUT2D eigenvalue weighted by Crippen LogP contribution is 2.10. The van der Waals surface area contributed by atoms with Crippen molar-refractivity contribution in [1.29, 1.82) is 0 Å². The Morgan fingerprint density at radius 2 is 2.17 bits per heavy atom. The summed E-state index contributed by atoms with van der Waals surface area (Å²) in [5.74, 6) is 0.341. The molecule has 0 aromatic rings. The second kappa shape index (κ2) is 5.95. The molecule has 0 saturated heterocycles. The first-order chi connectivity index (χ1) is 5.57. The standard InChI is InChI=1S/C10H18O2/c1-4-8(2)10(12)7-5-6-9(3)11/h5-6,8,10,12H,4,7H2,1-3H3/b6-5+/t8-,10-/m0/s1. The highest BCUT2D eigenvalue weighted by molar-refractivity contribution is 5.87. The van der Waals surface area contributed by atoms with Crippen molar-refractivity contribution in [2.45, 2.75) is 39.7 Å². The maximum Gasteiger partial charge on any atom is 0.152 e. The van der Waals surface area contributed by atoms with Gasteiger partial charge in [-0.2, -0.15) is 0 Å². The van der Waals surface area contributed by atoms with E-state index in [1.54, 1.807) is 6.08 Å². The van der Waals surface area contributed by atoms with Crippen LogP contribution in [0.1, 0.15) is 33.6 Å². The van der Waals surface area contributed by atoms with Crippen LogP contribution in [0.5, 0.6) is 0 Å². The minimum Gasteiger partial charge on any atom is -0.393 e. The first kappa shape index (κ1) is 11.4. The number of carbonyl (C=O) groups excluding carboxylic acids is 1. The molecule has 1 N–H and O–H groups in total. The predicted octanol–water partition coefficient (Wildman–Crippen LogP) is 1.93. The van der Waals surface area contributed by atoms with Crippen LogP contribution in [0, 0.1) is 5.92 Å². The fourth-order valence-corrected chi connectivity index (χ4v) is 0.878. The van der Waals surface area contributed by atoms with Crippen molar-refractivity contribution < 1.29 is 9.90 Å². The molecule has 0 aliphatic rings. The zero-order valence-electron chi connectivity index (χ0n) is 8.08. The van der Waals surface area contributed by atoms with Gasteiger partial charge in [-0.25, -0.2) is 0 Å². The zero-order valence-corrected chi connectivity index (χ0v) is 8.08. The van der Waals surface area contributed by atoms with Crippen molar-refractivity contribution in [2.75, 3.05) is 0 Å². The number of hydrogen-bond acceptors (Lipinski definition) is 2. The Bertz CT molecular complexity index is 161. The van der Waals surface area contributed by atoms with E-state index in [9.17, 15) is 9.90 Å². The zero-order chi connectivity index (χ0) is 9.56. The van der Waals surface area contributed by atoms with E-state index < -0.39 is 0 Å². The fourth-order valence-electron chi connectivity index (χ4n) is 0.878. The molecule has 0 aromatic carbocycles. The number of aliphatic hydroxyl groups excluding tert-OH is 1. The van der Waals surface area contributed by atoms with Crippen LogP contribution in [0.3, 0.4) is 0 Å². The predicted molar refractivity (Wildman–Crippen MR) is 49.9 cm³/mol. The Hall–Kier alpha value is -0.630. The van der Waals surface area contributed by atoms with Crippen molar-refractivity contribution in [3.05, 3.63) is 12.2 Å². The minimum absolute atomic E-state index is 0.0337. The molecule has 0 fully saturated rings. The maximum atomic E-state index is 10.5. The average Bonchev–Trinajstić information content (AvgIpc) is 2.02. The molecule has 0 aromatic heterocycles. The third kappa shape index (κ3) is 5.08. The molecule has 0 saturated carbocycles. The molecule has 0 spiro atoms. The van der Waals surface area contributed by atoms with Crippen molar-refractivity contribution in [3.8, 4) is 0 Å². The van der Waals surface area contributed by atoms with Crippen LogP contribution in [0.25, 0.3) is 0 Å². The van der Waals surface area contributed by atoms with Gasteiger partial charge >= 0.3 is 0 Å². The van der Waals surface area contributed by atoms with Crippen LogP contribution in [-0.4, -0.2) is 17.0 Å². The van der Waals surface area contributed by atoms with Gasteiger partial charge in [0.05, 0.1) is 6.10 Å². The Balaban J connectivity index is 3.70. The Labute approximate surface area is 74.3 Å². The monoisotopic (exact) mass is 170 g/mol. The van der Waals surface area contributed by atoms with E-state index in [-0.39, 0.29) is 11.9 Å². The van der Waals surface area contributed by atoms with Crippen molar-refractivity contribution in [3.63, 3.8) is 0 Å². The van der Waals surface area contributed by atoms with Crippen LogP contribution in [0.15, 0.2) is 12.2 Å². The van der Waals surface area contributed by atoms with Gasteiger partial charge in [-0.3, -0.25) is 4.79 Å². The van der Waals surface area contributed by atoms with E-state index in [0.29, 0.717) is 12.3 Å². The molecular formula is C10H18O2. The number of carbonyl (C=O) groups is 1. The van der Waals surface area contributed by atoms with Crippen LogP contribution in [-0.2, 0) is 4.79 Å². The molecule has 2 heteroatoms. The van der Waals surface area contributed by atoms with Gasteiger partial charge in [0.1, 0.15) is 0 Å². The van der Waals surface area contributed by atoms with Crippen molar-refractivity contribution in [1.82, 2.24) is 0 Å². The van der Waals surface area contributed by atoms with Gasteiger partial charge in [-0.1, -0.05) is 26.3 Å². The minimum atomic E-state index is -0.314. The summed E-state index contributed by atoms with van der Waals surface area (Å²) in [5, 5.41) is 9.47. The number of hydrogen-bond donors (Lipinski definition) is 1. The largest absolute Gasteiger partial charge is 0.393 e. The Kier molecular flexibility index (Phi) is 5.64. The third-order valence-corrected chi connectivity index (χ3v) is 2.03. The van der Waals surface area contributed by atoms with E-state index in [2.05, 4.69) is 0 Å². The molecule has 2 atom stereocenters. The molecule has 0 aliphatic heterocycles. The first-order valence-corrected chi connectivity index (χ1v) is 4.43. The summed E-state index contributed by atoms with van der Waals surface area (Å²) in [6.45, 7) is 5.56. The summed E-state index contributed by atoms with van der Waals surface area (Å²) in [5.41, 5.74) is 0. The molecule has 0 unspecified atom stereocenters. The van der Waals surface area contributed by atoms with Gasteiger partial charge in [-0.05, 0) is 25.3 Å². The van der Waals surface area contributed by atoms with Crippen molar-refractivity contribution in [2.24, 2.45) is 5.92 Å². The lowest BCUT2D eigenvalue weighted by atomic mass is 9.99. The topological polar surface area (TPSA) is 37.3 Å². The smallest absolute Gasteiger partial charge is 0.152 e.